The minimum Gasteiger partial charge on any atom is -0.394 e. The molecule has 0 aliphatic rings. The van der Waals surface area contributed by atoms with E-state index in [1.54, 1.807) is 0 Å². The van der Waals surface area contributed by atoms with Gasteiger partial charge in [0.1, 0.15) is 0 Å². The molecule has 0 aliphatic heterocycles. The van der Waals surface area contributed by atoms with E-state index in [-0.39, 0.29) is 37.6 Å². The lowest BCUT2D eigenvalue weighted by molar-refractivity contribution is -0.0457. The monoisotopic (exact) mass is 380 g/mol. The van der Waals surface area contributed by atoms with Crippen LogP contribution >= 0.6 is 0 Å². The molecule has 0 radical (unpaired) electrons. The van der Waals surface area contributed by atoms with Crippen LogP contribution in [0.4, 0.5) is 0 Å². The van der Waals surface area contributed by atoms with Crippen LogP contribution in [0.5, 0.6) is 0 Å². The molecule has 0 aromatic heterocycles. The van der Waals surface area contributed by atoms with E-state index in [2.05, 4.69) is 13.8 Å². The summed E-state index contributed by atoms with van der Waals surface area (Å²) < 4.78 is 21.6. The summed E-state index contributed by atoms with van der Waals surface area (Å²) in [5, 5.41) is 17.4. The average Bonchev–Trinajstić information content (AvgIpc) is 2.65. The molecule has 4 unspecified atom stereocenters. The van der Waals surface area contributed by atoms with Crippen molar-refractivity contribution in [1.29, 1.82) is 0 Å². The maximum atomic E-state index is 8.70. The molecule has 0 rings (SSSR count). The van der Waals surface area contributed by atoms with Crippen LogP contribution in [0.15, 0.2) is 0 Å². The van der Waals surface area contributed by atoms with E-state index in [1.165, 1.54) is 0 Å². The summed E-state index contributed by atoms with van der Waals surface area (Å²) in [6, 6.07) is 0. The topological polar surface area (TPSA) is 77.4 Å². The number of hydrogen-bond donors (Lipinski definition) is 2. The first-order chi connectivity index (χ1) is 12.4. The lowest BCUT2D eigenvalue weighted by Crippen LogP contribution is -2.22. The summed E-state index contributed by atoms with van der Waals surface area (Å²) in [6.07, 6.45) is 4.58. The molecule has 0 saturated carbocycles. The minimum atomic E-state index is -0.0859. The largest absolute Gasteiger partial charge is 0.394 e. The highest BCUT2D eigenvalue weighted by atomic mass is 16.5. The Morgan fingerprint density at radius 2 is 0.923 bits per heavy atom. The van der Waals surface area contributed by atoms with Crippen LogP contribution in [0, 0.1) is 0 Å². The quantitative estimate of drug-likeness (QED) is 0.401. The lowest BCUT2D eigenvalue weighted by atomic mass is 10.3. The highest BCUT2D eigenvalue weighted by molar-refractivity contribution is 4.52. The van der Waals surface area contributed by atoms with Crippen LogP contribution in [-0.4, -0.2) is 74.3 Å². The lowest BCUT2D eigenvalue weighted by Gasteiger charge is -2.15. The maximum Gasteiger partial charge on any atom is 0.0780 e. The van der Waals surface area contributed by atoms with E-state index in [0.717, 1.165) is 38.9 Å². The molecule has 160 valence electrons. The Hall–Kier alpha value is -0.240. The van der Waals surface area contributed by atoms with E-state index in [9.17, 15) is 0 Å². The third-order valence-corrected chi connectivity index (χ3v) is 3.55. The van der Waals surface area contributed by atoms with Crippen LogP contribution in [-0.2, 0) is 18.9 Å². The molecule has 0 spiro atoms. The first kappa shape index (κ1) is 28.0. The van der Waals surface area contributed by atoms with Crippen molar-refractivity contribution < 1.29 is 29.2 Å². The Labute approximate surface area is 161 Å². The van der Waals surface area contributed by atoms with Crippen LogP contribution in [0.2, 0.25) is 0 Å². The zero-order chi connectivity index (χ0) is 20.2. The van der Waals surface area contributed by atoms with Crippen molar-refractivity contribution in [3.8, 4) is 0 Å². The summed E-state index contributed by atoms with van der Waals surface area (Å²) in [4.78, 5) is 0. The fourth-order valence-electron chi connectivity index (χ4n) is 1.66. The van der Waals surface area contributed by atoms with Crippen LogP contribution < -0.4 is 0 Å². The number of hydrogen-bond acceptors (Lipinski definition) is 6. The number of unbranched alkanes of at least 4 members (excludes halogenated alkanes) is 2. The van der Waals surface area contributed by atoms with Crippen molar-refractivity contribution in [2.75, 3.05) is 39.6 Å². The van der Waals surface area contributed by atoms with Gasteiger partial charge in [-0.2, -0.15) is 0 Å². The molecule has 0 aliphatic carbocycles. The van der Waals surface area contributed by atoms with Crippen LogP contribution in [0.3, 0.4) is 0 Å². The van der Waals surface area contributed by atoms with Gasteiger partial charge in [-0.25, -0.2) is 0 Å². The predicted molar refractivity (Wildman–Crippen MR) is 106 cm³/mol. The van der Waals surface area contributed by atoms with Gasteiger partial charge in [-0.3, -0.25) is 0 Å². The van der Waals surface area contributed by atoms with Crippen molar-refractivity contribution in [2.45, 2.75) is 91.6 Å². The van der Waals surface area contributed by atoms with Gasteiger partial charge in [-0.15, -0.1) is 0 Å². The Kier molecular flexibility index (Phi) is 22.7. The molecule has 0 fully saturated rings. The molecular formula is C20H44O6. The van der Waals surface area contributed by atoms with Gasteiger partial charge >= 0.3 is 0 Å². The Morgan fingerprint density at radius 3 is 1.19 bits per heavy atom. The molecule has 0 aromatic rings. The SMILES string of the molecule is CCCCOC(C)COC(C)CO.CCCCOC(C)COC(C)CO. The maximum absolute atomic E-state index is 8.70. The van der Waals surface area contributed by atoms with E-state index >= 15 is 0 Å². The van der Waals surface area contributed by atoms with Crippen LogP contribution in [0.25, 0.3) is 0 Å². The van der Waals surface area contributed by atoms with Crippen molar-refractivity contribution in [3.63, 3.8) is 0 Å². The zero-order valence-corrected chi connectivity index (χ0v) is 17.9. The summed E-state index contributed by atoms with van der Waals surface area (Å²) in [5.41, 5.74) is 0. The van der Waals surface area contributed by atoms with Gasteiger partial charge in [0.15, 0.2) is 0 Å². The third-order valence-electron chi connectivity index (χ3n) is 3.55. The summed E-state index contributed by atoms with van der Waals surface area (Å²) in [6.45, 7) is 14.8. The second-order valence-corrected chi connectivity index (χ2v) is 6.72. The Bertz CT molecular complexity index is 239. The predicted octanol–water partition coefficient (Wildman–Crippen LogP) is 3.18. The number of aliphatic hydroxyl groups excluding tert-OH is 2. The van der Waals surface area contributed by atoms with Crippen molar-refractivity contribution >= 4 is 0 Å². The van der Waals surface area contributed by atoms with Crippen LogP contribution in [0.1, 0.15) is 67.2 Å². The van der Waals surface area contributed by atoms with Gasteiger partial charge in [0.05, 0.1) is 50.8 Å². The Morgan fingerprint density at radius 1 is 0.577 bits per heavy atom. The molecule has 4 atom stereocenters. The normalized spacial score (nSPS) is 15.7. The highest BCUT2D eigenvalue weighted by Gasteiger charge is 2.06. The Balaban J connectivity index is 0. The van der Waals surface area contributed by atoms with Gasteiger partial charge in [0.2, 0.25) is 0 Å². The van der Waals surface area contributed by atoms with Crippen molar-refractivity contribution in [1.82, 2.24) is 0 Å². The summed E-state index contributed by atoms with van der Waals surface area (Å²) in [5.74, 6) is 0. The summed E-state index contributed by atoms with van der Waals surface area (Å²) >= 11 is 0. The smallest absolute Gasteiger partial charge is 0.0780 e. The fourth-order valence-corrected chi connectivity index (χ4v) is 1.66. The number of aliphatic hydroxyl groups is 2. The highest BCUT2D eigenvalue weighted by Crippen LogP contribution is 1.99. The van der Waals surface area contributed by atoms with Gasteiger partial charge in [-0.1, -0.05) is 26.7 Å². The van der Waals surface area contributed by atoms with Gasteiger partial charge in [-0.05, 0) is 40.5 Å². The van der Waals surface area contributed by atoms with E-state index < -0.39 is 0 Å². The molecular weight excluding hydrogens is 336 g/mol. The molecule has 0 saturated heterocycles. The first-order valence-electron chi connectivity index (χ1n) is 10.1. The van der Waals surface area contributed by atoms with E-state index in [4.69, 9.17) is 29.2 Å². The second kappa shape index (κ2) is 21.1. The third kappa shape index (κ3) is 21.8. The summed E-state index contributed by atoms with van der Waals surface area (Å²) in [7, 11) is 0. The molecule has 2 N–H and O–H groups in total. The van der Waals surface area contributed by atoms with E-state index in [1.807, 2.05) is 27.7 Å². The molecule has 0 heterocycles. The molecule has 26 heavy (non-hydrogen) atoms. The molecule has 0 aromatic carbocycles. The standard InChI is InChI=1S/2C10H22O3/c2*1-4-5-6-12-10(3)8-13-9(2)7-11/h2*9-11H,4-8H2,1-3H3. The molecule has 0 bridgehead atoms. The number of rotatable bonds is 16. The second-order valence-electron chi connectivity index (χ2n) is 6.72. The first-order valence-corrected chi connectivity index (χ1v) is 10.1. The molecule has 0 amide bonds. The van der Waals surface area contributed by atoms with Crippen molar-refractivity contribution in [3.05, 3.63) is 0 Å². The molecule has 6 heteroatoms. The van der Waals surface area contributed by atoms with Crippen molar-refractivity contribution in [2.24, 2.45) is 0 Å². The van der Waals surface area contributed by atoms with Gasteiger partial charge in [0.25, 0.3) is 0 Å². The minimum absolute atomic E-state index is 0.0711. The van der Waals surface area contributed by atoms with Gasteiger partial charge in [0, 0.05) is 13.2 Å². The van der Waals surface area contributed by atoms with E-state index in [0.29, 0.717) is 13.2 Å². The molecule has 6 nitrogen and oxygen atoms in total. The van der Waals surface area contributed by atoms with Gasteiger partial charge < -0.3 is 29.2 Å². The zero-order valence-electron chi connectivity index (χ0n) is 17.9. The average molecular weight is 381 g/mol. The number of ether oxygens (including phenoxy) is 4. The fraction of sp³-hybridized carbons (Fsp3) is 1.00.